The Morgan fingerprint density at radius 3 is 2.66 bits per heavy atom. The van der Waals surface area contributed by atoms with Crippen molar-refractivity contribution in [2.75, 3.05) is 13.7 Å². The average Bonchev–Trinajstić information content (AvgIpc) is 3.64. The summed E-state index contributed by atoms with van der Waals surface area (Å²) in [5.74, 6) is -0.665. The Labute approximate surface area is 236 Å². The molecule has 0 amide bonds. The molecule has 2 aliphatic rings. The van der Waals surface area contributed by atoms with Crippen molar-refractivity contribution in [1.29, 1.82) is 0 Å². The summed E-state index contributed by atoms with van der Waals surface area (Å²) in [4.78, 5) is 4.98. The van der Waals surface area contributed by atoms with Crippen molar-refractivity contribution in [2.45, 2.75) is 41.0 Å². The van der Waals surface area contributed by atoms with Crippen molar-refractivity contribution in [3.8, 4) is 10.7 Å². The fourth-order valence-electron chi connectivity index (χ4n) is 4.60. The van der Waals surface area contributed by atoms with Gasteiger partial charge in [-0.15, -0.1) is 16.4 Å². The highest BCUT2D eigenvalue weighted by atomic mass is 35.5. The van der Waals surface area contributed by atoms with Gasteiger partial charge in [-0.2, -0.15) is 0 Å². The van der Waals surface area contributed by atoms with Gasteiger partial charge in [0.15, 0.2) is 12.1 Å². The molecule has 0 aliphatic carbocycles. The Bertz CT molecular complexity index is 1370. The van der Waals surface area contributed by atoms with E-state index in [4.69, 9.17) is 42.1 Å². The Morgan fingerprint density at radius 2 is 1.95 bits per heavy atom. The first-order chi connectivity index (χ1) is 18.5. The second-order valence-electron chi connectivity index (χ2n) is 8.65. The van der Waals surface area contributed by atoms with E-state index in [0.717, 1.165) is 10.6 Å². The van der Waals surface area contributed by atoms with Crippen LogP contribution in [-0.2, 0) is 18.9 Å². The lowest BCUT2D eigenvalue weighted by Crippen LogP contribution is -2.59. The van der Waals surface area contributed by atoms with E-state index in [1.807, 2.05) is 41.9 Å². The fourth-order valence-corrected chi connectivity index (χ4v) is 7.05. The van der Waals surface area contributed by atoms with Gasteiger partial charge in [-0.05, 0) is 12.1 Å². The van der Waals surface area contributed by atoms with Crippen molar-refractivity contribution in [1.82, 2.24) is 20.0 Å². The molecule has 0 spiro atoms. The third-order valence-corrected chi connectivity index (χ3v) is 8.80. The van der Waals surface area contributed by atoms with Gasteiger partial charge in [0.05, 0.1) is 22.8 Å². The van der Waals surface area contributed by atoms with E-state index in [9.17, 15) is 4.39 Å². The third kappa shape index (κ3) is 5.09. The van der Waals surface area contributed by atoms with E-state index < -0.39 is 41.9 Å². The SMILES string of the molecule is COC1C(n2cc(-c3nccs3)nn2)[C@H]2OC(c3ccccc3)OCC2O[C@@H]1Sc1cc(Cl)c(F)c(Cl)c1. The van der Waals surface area contributed by atoms with Crippen LogP contribution in [0.4, 0.5) is 4.39 Å². The normalized spacial score (nSPS) is 27.3. The summed E-state index contributed by atoms with van der Waals surface area (Å²) in [5, 5.41) is 11.3. The second-order valence-corrected chi connectivity index (χ2v) is 11.5. The van der Waals surface area contributed by atoms with E-state index >= 15 is 0 Å². The summed E-state index contributed by atoms with van der Waals surface area (Å²) in [6.07, 6.45) is 1.52. The number of nitrogens with zero attached hydrogens (tertiary/aromatic N) is 4. The lowest BCUT2D eigenvalue weighted by atomic mass is 9.96. The van der Waals surface area contributed by atoms with Crippen molar-refractivity contribution < 1.29 is 23.3 Å². The Morgan fingerprint density at radius 1 is 1.16 bits per heavy atom. The molecule has 38 heavy (non-hydrogen) atoms. The number of hydrogen-bond donors (Lipinski definition) is 0. The zero-order chi connectivity index (χ0) is 26.2. The first kappa shape index (κ1) is 26.1. The average molecular weight is 596 g/mol. The maximum atomic E-state index is 14.0. The van der Waals surface area contributed by atoms with Gasteiger partial charge in [0.1, 0.15) is 40.5 Å². The van der Waals surface area contributed by atoms with Gasteiger partial charge >= 0.3 is 0 Å². The van der Waals surface area contributed by atoms with Crippen LogP contribution < -0.4 is 0 Å². The summed E-state index contributed by atoms with van der Waals surface area (Å²) in [6.45, 7) is 0.285. The van der Waals surface area contributed by atoms with Crippen LogP contribution in [0.1, 0.15) is 17.9 Å². The standard InChI is InChI=1S/C25H21Cl2FN4O4S2/c1-33-22-20(32-11-17(30-31-32)23-29-7-8-37-23)21-18(12-34-24(36-21)13-5-3-2-4-6-13)35-25(22)38-14-9-15(26)19(28)16(27)10-14/h2-11,18,20-22,24-25H,12H2,1H3/t18?,20?,21-,22?,24?,25+/m0/s1. The molecule has 2 aliphatic heterocycles. The molecule has 2 fully saturated rings. The molecule has 198 valence electrons. The smallest absolute Gasteiger partial charge is 0.184 e. The Balaban J connectivity index is 1.35. The zero-order valence-electron chi connectivity index (χ0n) is 19.8. The number of hydrogen-bond acceptors (Lipinski definition) is 9. The van der Waals surface area contributed by atoms with Crippen LogP contribution in [0.2, 0.25) is 10.0 Å². The lowest BCUT2D eigenvalue weighted by Gasteiger charge is -2.48. The van der Waals surface area contributed by atoms with Crippen molar-refractivity contribution >= 4 is 46.3 Å². The molecule has 4 unspecified atom stereocenters. The molecule has 0 N–H and O–H groups in total. The Kier molecular flexibility index (Phi) is 7.70. The molecular formula is C25H21Cl2FN4O4S2. The van der Waals surface area contributed by atoms with Crippen molar-refractivity contribution in [2.24, 2.45) is 0 Å². The van der Waals surface area contributed by atoms with E-state index in [2.05, 4.69) is 15.3 Å². The molecule has 8 nitrogen and oxygen atoms in total. The monoisotopic (exact) mass is 594 g/mol. The van der Waals surface area contributed by atoms with Gasteiger partial charge in [-0.1, -0.05) is 70.5 Å². The number of benzene rings is 2. The molecule has 2 aromatic heterocycles. The summed E-state index contributed by atoms with van der Waals surface area (Å²) in [7, 11) is 1.60. The van der Waals surface area contributed by atoms with Gasteiger partial charge in [0.2, 0.25) is 0 Å². The lowest BCUT2D eigenvalue weighted by molar-refractivity contribution is -0.308. The van der Waals surface area contributed by atoms with Crippen LogP contribution in [0.15, 0.2) is 65.1 Å². The van der Waals surface area contributed by atoms with Crippen LogP contribution in [0.25, 0.3) is 10.7 Å². The number of ether oxygens (including phenoxy) is 4. The molecule has 2 aromatic carbocycles. The maximum absolute atomic E-state index is 14.0. The van der Waals surface area contributed by atoms with E-state index in [-0.39, 0.29) is 16.7 Å². The van der Waals surface area contributed by atoms with Gasteiger partial charge in [0.25, 0.3) is 0 Å². The first-order valence-electron chi connectivity index (χ1n) is 11.6. The van der Waals surface area contributed by atoms with Crippen LogP contribution in [0, 0.1) is 5.82 Å². The van der Waals surface area contributed by atoms with Gasteiger partial charge < -0.3 is 18.9 Å². The van der Waals surface area contributed by atoms with Crippen LogP contribution in [0.3, 0.4) is 0 Å². The molecule has 4 heterocycles. The molecule has 0 radical (unpaired) electrons. The molecule has 13 heteroatoms. The van der Waals surface area contributed by atoms with Crippen LogP contribution in [0.5, 0.6) is 0 Å². The minimum Gasteiger partial charge on any atom is -0.375 e. The first-order valence-corrected chi connectivity index (χ1v) is 14.2. The minimum atomic E-state index is -0.665. The number of halogens is 3. The minimum absolute atomic E-state index is 0.0707. The molecule has 6 rings (SSSR count). The number of rotatable bonds is 6. The molecular weight excluding hydrogens is 574 g/mol. The number of thiazole rings is 1. The van der Waals surface area contributed by atoms with Crippen molar-refractivity contribution in [3.05, 3.63) is 81.7 Å². The molecule has 0 bridgehead atoms. The maximum Gasteiger partial charge on any atom is 0.184 e. The predicted octanol–water partition coefficient (Wildman–Crippen LogP) is 6.04. The quantitative estimate of drug-likeness (QED) is 0.250. The number of aromatic nitrogens is 4. The number of thioether (sulfide) groups is 1. The van der Waals surface area contributed by atoms with Gasteiger partial charge in [-0.25, -0.2) is 14.1 Å². The van der Waals surface area contributed by atoms with Gasteiger partial charge in [-0.3, -0.25) is 0 Å². The van der Waals surface area contributed by atoms with Crippen LogP contribution in [-0.4, -0.2) is 57.4 Å². The molecule has 0 saturated carbocycles. The van der Waals surface area contributed by atoms with E-state index in [0.29, 0.717) is 10.6 Å². The molecule has 6 atom stereocenters. The fraction of sp³-hybridized carbons (Fsp3) is 0.320. The summed E-state index contributed by atoms with van der Waals surface area (Å²) in [6, 6.07) is 12.3. The Hall–Kier alpha value is -2.09. The summed E-state index contributed by atoms with van der Waals surface area (Å²) in [5.41, 5.74) is 0.996. The summed E-state index contributed by atoms with van der Waals surface area (Å²) < 4.78 is 40.8. The van der Waals surface area contributed by atoms with Gasteiger partial charge in [0, 0.05) is 29.1 Å². The largest absolute Gasteiger partial charge is 0.375 e. The summed E-state index contributed by atoms with van der Waals surface area (Å²) >= 11 is 14.9. The predicted molar refractivity (Wildman–Crippen MR) is 142 cm³/mol. The van der Waals surface area contributed by atoms with Crippen molar-refractivity contribution in [3.63, 3.8) is 0 Å². The van der Waals surface area contributed by atoms with E-state index in [1.54, 1.807) is 18.0 Å². The molecule has 2 saturated heterocycles. The topological polar surface area (TPSA) is 80.5 Å². The highest BCUT2D eigenvalue weighted by molar-refractivity contribution is 7.99. The zero-order valence-corrected chi connectivity index (χ0v) is 23.0. The number of methoxy groups -OCH3 is 1. The van der Waals surface area contributed by atoms with E-state index in [1.165, 1.54) is 35.2 Å². The highest BCUT2D eigenvalue weighted by Crippen LogP contribution is 2.45. The van der Waals surface area contributed by atoms with Crippen LogP contribution >= 0.6 is 46.3 Å². The molecule has 4 aromatic rings. The second kappa shape index (κ2) is 11.2. The third-order valence-electron chi connectivity index (χ3n) is 6.33. The number of fused-ring (bicyclic) bond motifs is 1. The highest BCUT2D eigenvalue weighted by Gasteiger charge is 2.52.